The number of nitrogens with zero attached hydrogens (tertiary/aromatic N) is 2. The summed E-state index contributed by atoms with van der Waals surface area (Å²) in [5, 5.41) is 3.21. The molecule has 0 unspecified atom stereocenters. The molecule has 0 radical (unpaired) electrons. The molecule has 0 saturated carbocycles. The lowest BCUT2D eigenvalue weighted by atomic mass is 10.1. The third-order valence-electron chi connectivity index (χ3n) is 2.73. The third-order valence-corrected chi connectivity index (χ3v) is 3.80. The van der Waals surface area contributed by atoms with Gasteiger partial charge in [0.05, 0.1) is 15.2 Å². The Morgan fingerprint density at radius 3 is 2.48 bits per heavy atom. The maximum Gasteiger partial charge on any atom is 0.436 e. The molecule has 21 heavy (non-hydrogen) atoms. The Labute approximate surface area is 129 Å². The molecule has 0 N–H and O–H groups in total. The van der Waals surface area contributed by atoms with Gasteiger partial charge in [-0.3, -0.25) is 9.48 Å². The average Bonchev–Trinajstić information content (AvgIpc) is 2.66. The van der Waals surface area contributed by atoms with Gasteiger partial charge in [0.2, 0.25) is 0 Å². The second-order valence-corrected chi connectivity index (χ2v) is 5.30. The van der Waals surface area contributed by atoms with E-state index in [0.717, 1.165) is 16.8 Å². The summed E-state index contributed by atoms with van der Waals surface area (Å²) in [6.07, 6.45) is -4.30. The second kappa shape index (κ2) is 5.42. The second-order valence-electron chi connectivity index (χ2n) is 4.10. The van der Waals surface area contributed by atoms with E-state index in [1.54, 1.807) is 0 Å². The Hall–Kier alpha value is -1.41. The van der Waals surface area contributed by atoms with E-state index in [2.05, 4.69) is 21.0 Å². The first-order chi connectivity index (χ1) is 9.66. The lowest BCUT2D eigenvalue weighted by molar-refractivity contribution is -0.142. The molecule has 0 aliphatic heterocycles. The van der Waals surface area contributed by atoms with E-state index >= 15 is 0 Å². The molecule has 9 heteroatoms. The predicted octanol–water partition coefficient (Wildman–Crippen LogP) is 4.47. The molecule has 0 aliphatic rings. The Bertz CT molecular complexity index is 727. The van der Waals surface area contributed by atoms with Crippen molar-refractivity contribution in [3.05, 3.63) is 38.7 Å². The van der Waals surface area contributed by atoms with Crippen LogP contribution in [-0.2, 0) is 13.2 Å². The van der Waals surface area contributed by atoms with Gasteiger partial charge in [-0.15, -0.1) is 0 Å². The van der Waals surface area contributed by atoms with Gasteiger partial charge in [0, 0.05) is 18.2 Å². The minimum atomic E-state index is -4.69. The molecule has 112 valence electrons. The summed E-state index contributed by atoms with van der Waals surface area (Å²) in [6.45, 7) is 0. The van der Waals surface area contributed by atoms with Crippen molar-refractivity contribution in [1.29, 1.82) is 0 Å². The van der Waals surface area contributed by atoms with Gasteiger partial charge in [-0.25, -0.2) is 4.39 Å². The first-order valence-electron chi connectivity index (χ1n) is 5.41. The van der Waals surface area contributed by atoms with E-state index in [-0.39, 0.29) is 21.8 Å². The molecule has 1 aromatic heterocycles. The van der Waals surface area contributed by atoms with Crippen molar-refractivity contribution in [2.45, 2.75) is 6.18 Å². The topological polar surface area (TPSA) is 34.9 Å². The minimum absolute atomic E-state index is 0.0327. The van der Waals surface area contributed by atoms with E-state index in [9.17, 15) is 22.4 Å². The molecule has 1 aromatic carbocycles. The molecule has 0 amide bonds. The van der Waals surface area contributed by atoms with Crippen molar-refractivity contribution >= 4 is 33.8 Å². The van der Waals surface area contributed by atoms with E-state index in [1.165, 1.54) is 7.05 Å². The maximum atomic E-state index is 14.0. The van der Waals surface area contributed by atoms with Crippen LogP contribution in [0.1, 0.15) is 16.1 Å². The number of benzene rings is 1. The molecule has 0 atom stereocenters. The van der Waals surface area contributed by atoms with Crippen molar-refractivity contribution in [3.63, 3.8) is 0 Å². The summed E-state index contributed by atoms with van der Waals surface area (Å²) in [6, 6.07) is 1.94. The first-order valence-corrected chi connectivity index (χ1v) is 6.58. The standard InChI is InChI=1S/C12H6BrClF4N2O/c1-20-10(9(13)11(19-20)12(16,17)18)6-2-5(4-21)7(14)3-8(6)15/h2-4H,1H3. The van der Waals surface area contributed by atoms with E-state index in [1.807, 2.05) is 0 Å². The molecule has 0 bridgehead atoms. The smallest absolute Gasteiger partial charge is 0.298 e. The number of aryl methyl sites for hydroxylation is 1. The summed E-state index contributed by atoms with van der Waals surface area (Å²) in [5.41, 5.74) is -1.56. The molecule has 0 saturated heterocycles. The Morgan fingerprint density at radius 2 is 2.00 bits per heavy atom. The Morgan fingerprint density at radius 1 is 1.38 bits per heavy atom. The normalized spacial score (nSPS) is 11.8. The number of carbonyl (C=O) groups excluding carboxylic acids is 1. The van der Waals surface area contributed by atoms with E-state index in [0.29, 0.717) is 6.29 Å². The number of aromatic nitrogens is 2. The lowest BCUT2D eigenvalue weighted by Crippen LogP contribution is -2.07. The molecule has 0 spiro atoms. The van der Waals surface area contributed by atoms with Gasteiger partial charge in [0.25, 0.3) is 0 Å². The van der Waals surface area contributed by atoms with Gasteiger partial charge in [-0.05, 0) is 28.1 Å². The van der Waals surface area contributed by atoms with Crippen LogP contribution in [0.3, 0.4) is 0 Å². The zero-order valence-corrected chi connectivity index (χ0v) is 12.6. The van der Waals surface area contributed by atoms with Crippen LogP contribution in [0.25, 0.3) is 11.3 Å². The fraction of sp³-hybridized carbons (Fsp3) is 0.167. The van der Waals surface area contributed by atoms with Crippen LogP contribution in [-0.4, -0.2) is 16.1 Å². The zero-order valence-electron chi connectivity index (χ0n) is 10.3. The van der Waals surface area contributed by atoms with Crippen LogP contribution in [0.15, 0.2) is 16.6 Å². The van der Waals surface area contributed by atoms with Crippen molar-refractivity contribution in [1.82, 2.24) is 9.78 Å². The molecule has 0 aliphatic carbocycles. The SMILES string of the molecule is Cn1nc(C(F)(F)F)c(Br)c1-c1cc(C=O)c(Cl)cc1F. The van der Waals surface area contributed by atoms with Gasteiger partial charge in [0.1, 0.15) is 5.82 Å². The van der Waals surface area contributed by atoms with Gasteiger partial charge >= 0.3 is 6.18 Å². The number of hydrogen-bond acceptors (Lipinski definition) is 2. The highest BCUT2D eigenvalue weighted by molar-refractivity contribution is 9.10. The highest BCUT2D eigenvalue weighted by Gasteiger charge is 2.38. The summed E-state index contributed by atoms with van der Waals surface area (Å²) in [7, 11) is 1.24. The van der Waals surface area contributed by atoms with Crippen molar-refractivity contribution < 1.29 is 22.4 Å². The Kier molecular flexibility index (Phi) is 4.12. The van der Waals surface area contributed by atoms with Gasteiger partial charge in [-0.2, -0.15) is 18.3 Å². The van der Waals surface area contributed by atoms with Gasteiger partial charge < -0.3 is 0 Å². The summed E-state index contributed by atoms with van der Waals surface area (Å²) < 4.78 is 52.8. The number of rotatable bonds is 2. The van der Waals surface area contributed by atoms with Gasteiger partial charge in [0.15, 0.2) is 12.0 Å². The number of alkyl halides is 3. The van der Waals surface area contributed by atoms with E-state index < -0.39 is 22.2 Å². The highest BCUT2D eigenvalue weighted by atomic mass is 79.9. The summed E-state index contributed by atoms with van der Waals surface area (Å²) in [5.74, 6) is -0.858. The number of halogens is 6. The molecule has 2 aromatic rings. The molecule has 0 fully saturated rings. The molecular weight excluding hydrogens is 379 g/mol. The fourth-order valence-electron chi connectivity index (χ4n) is 1.81. The molecule has 2 rings (SSSR count). The first kappa shape index (κ1) is 16.0. The zero-order chi connectivity index (χ0) is 15.9. The number of carbonyl (C=O) groups is 1. The van der Waals surface area contributed by atoms with Crippen molar-refractivity contribution in [3.8, 4) is 11.3 Å². The minimum Gasteiger partial charge on any atom is -0.298 e. The molecule has 1 heterocycles. The van der Waals surface area contributed by atoms with Crippen molar-refractivity contribution in [2.75, 3.05) is 0 Å². The maximum absolute atomic E-state index is 14.0. The highest BCUT2D eigenvalue weighted by Crippen LogP contribution is 2.40. The predicted molar refractivity (Wildman–Crippen MR) is 71.7 cm³/mol. The molecule has 3 nitrogen and oxygen atoms in total. The van der Waals surface area contributed by atoms with Gasteiger partial charge in [-0.1, -0.05) is 11.6 Å². The third kappa shape index (κ3) is 2.82. The van der Waals surface area contributed by atoms with Crippen molar-refractivity contribution in [2.24, 2.45) is 7.05 Å². The largest absolute Gasteiger partial charge is 0.436 e. The van der Waals surface area contributed by atoms with Crippen LogP contribution < -0.4 is 0 Å². The molecular formula is C12H6BrClF4N2O. The number of hydrogen-bond donors (Lipinski definition) is 0. The quantitative estimate of drug-likeness (QED) is 0.565. The van der Waals surface area contributed by atoms with Crippen LogP contribution in [0, 0.1) is 5.82 Å². The summed E-state index contributed by atoms with van der Waals surface area (Å²) >= 11 is 8.44. The summed E-state index contributed by atoms with van der Waals surface area (Å²) in [4.78, 5) is 10.8. The lowest BCUT2D eigenvalue weighted by Gasteiger charge is -2.07. The number of aldehydes is 1. The van der Waals surface area contributed by atoms with E-state index in [4.69, 9.17) is 11.6 Å². The van der Waals surface area contributed by atoms with Crippen LogP contribution in [0.2, 0.25) is 5.02 Å². The van der Waals surface area contributed by atoms with Crippen LogP contribution in [0.4, 0.5) is 17.6 Å². The monoisotopic (exact) mass is 384 g/mol. The Balaban J connectivity index is 2.74. The average molecular weight is 386 g/mol. The van der Waals surface area contributed by atoms with Crippen LogP contribution in [0.5, 0.6) is 0 Å². The fourth-order valence-corrected chi connectivity index (χ4v) is 2.78. The van der Waals surface area contributed by atoms with Crippen LogP contribution >= 0.6 is 27.5 Å².